The summed E-state index contributed by atoms with van der Waals surface area (Å²) in [6.45, 7) is 4.01. The zero-order valence-electron chi connectivity index (χ0n) is 21.1. The van der Waals surface area contributed by atoms with Crippen molar-refractivity contribution in [1.82, 2.24) is 10.2 Å². The summed E-state index contributed by atoms with van der Waals surface area (Å²) in [5.41, 5.74) is 1.10. The quantitative estimate of drug-likeness (QED) is 0.333. The second-order valence-corrected chi connectivity index (χ2v) is 10.7. The molecule has 3 N–H and O–H groups in total. The van der Waals surface area contributed by atoms with Crippen molar-refractivity contribution in [1.29, 1.82) is 0 Å². The van der Waals surface area contributed by atoms with Crippen LogP contribution in [0.25, 0.3) is 0 Å². The number of amides is 2. The molecule has 0 unspecified atom stereocenters. The molecule has 1 aliphatic carbocycles. The number of carbonyl (C=O) groups is 2. The molecule has 3 atom stereocenters. The van der Waals surface area contributed by atoms with Gasteiger partial charge in [-0.1, -0.05) is 38.1 Å². The van der Waals surface area contributed by atoms with E-state index in [4.69, 9.17) is 9.84 Å². The van der Waals surface area contributed by atoms with Gasteiger partial charge < -0.3 is 25.2 Å². The molecule has 37 heavy (non-hydrogen) atoms. The van der Waals surface area contributed by atoms with Crippen LogP contribution in [-0.4, -0.2) is 64.9 Å². The van der Waals surface area contributed by atoms with E-state index in [0.717, 1.165) is 9.13 Å². The van der Waals surface area contributed by atoms with Crippen molar-refractivity contribution in [3.05, 3.63) is 75.1 Å². The topological polar surface area (TPSA) is 99.1 Å². The molecule has 0 heterocycles. The third kappa shape index (κ3) is 8.24. The first-order valence-corrected chi connectivity index (χ1v) is 13.5. The predicted octanol–water partition coefficient (Wildman–Crippen LogP) is 3.46. The van der Waals surface area contributed by atoms with Gasteiger partial charge in [-0.3, -0.25) is 9.59 Å². The summed E-state index contributed by atoms with van der Waals surface area (Å²) in [4.78, 5) is 27.9. The van der Waals surface area contributed by atoms with Gasteiger partial charge in [-0.15, -0.1) is 0 Å². The minimum Gasteiger partial charge on any atom is -0.482 e. The van der Waals surface area contributed by atoms with Crippen LogP contribution in [0, 0.1) is 15.3 Å². The van der Waals surface area contributed by atoms with E-state index in [9.17, 15) is 19.1 Å². The molecule has 1 aliphatic rings. The van der Waals surface area contributed by atoms with Crippen LogP contribution in [0.1, 0.15) is 32.3 Å². The Morgan fingerprint density at radius 2 is 1.97 bits per heavy atom. The highest BCUT2D eigenvalue weighted by Crippen LogP contribution is 2.30. The van der Waals surface area contributed by atoms with Crippen molar-refractivity contribution >= 4 is 34.4 Å². The largest absolute Gasteiger partial charge is 0.482 e. The molecule has 2 amide bonds. The number of ether oxygens (including phenoxy) is 1. The molecule has 0 spiro atoms. The average Bonchev–Trinajstić information content (AvgIpc) is 2.85. The zero-order chi connectivity index (χ0) is 26.9. The summed E-state index contributed by atoms with van der Waals surface area (Å²) in [5.74, 6) is -0.249. The molecule has 7 nitrogen and oxygen atoms in total. The van der Waals surface area contributed by atoms with Crippen LogP contribution in [0.3, 0.4) is 0 Å². The maximum Gasteiger partial charge on any atom is 0.247 e. The summed E-state index contributed by atoms with van der Waals surface area (Å²) >= 11 is 2.14. The number of aliphatic hydroxyl groups is 2. The SMILES string of the molecule is CC(C)CC(=O)N(CCc1cccc(F)c1)[C@@H]1CC(C(=O)NCCO)=C[C@H](Oc2ccccc2I)[C@H]1O. The molecule has 0 aromatic heterocycles. The van der Waals surface area contributed by atoms with Crippen LogP contribution in [0.2, 0.25) is 0 Å². The van der Waals surface area contributed by atoms with Gasteiger partial charge in [0.25, 0.3) is 0 Å². The van der Waals surface area contributed by atoms with E-state index < -0.39 is 18.2 Å². The lowest BCUT2D eigenvalue weighted by atomic mass is 9.87. The number of halogens is 2. The maximum absolute atomic E-state index is 13.8. The summed E-state index contributed by atoms with van der Waals surface area (Å²) in [5, 5.41) is 23.3. The van der Waals surface area contributed by atoms with Crippen molar-refractivity contribution in [2.45, 2.75) is 51.4 Å². The number of benzene rings is 2. The van der Waals surface area contributed by atoms with Gasteiger partial charge in [-0.05, 0) is 70.8 Å². The van der Waals surface area contributed by atoms with Crippen LogP contribution in [0.4, 0.5) is 4.39 Å². The standard InChI is InChI=1S/C28H34FIN2O5/c1-18(2)14-26(34)32(12-10-19-6-5-7-21(29)15-19)23-16-20(28(36)31-11-13-33)17-25(27(23)35)37-24-9-4-3-8-22(24)30/h3-9,15,17-18,23,25,27,33,35H,10-14,16H2,1-2H3,(H,31,36)/t23-,25+,27+/m1/s1. The number of hydrogen-bond donors (Lipinski definition) is 3. The molecule has 0 aliphatic heterocycles. The van der Waals surface area contributed by atoms with Gasteiger partial charge in [0.1, 0.15) is 23.8 Å². The Labute approximate surface area is 230 Å². The Morgan fingerprint density at radius 3 is 2.65 bits per heavy atom. The number of nitrogens with one attached hydrogen (secondary N) is 1. The van der Waals surface area contributed by atoms with Crippen LogP contribution >= 0.6 is 22.6 Å². The van der Waals surface area contributed by atoms with Gasteiger partial charge in [-0.2, -0.15) is 0 Å². The van der Waals surface area contributed by atoms with Crippen LogP contribution in [-0.2, 0) is 16.0 Å². The number of hydrogen-bond acceptors (Lipinski definition) is 5. The smallest absolute Gasteiger partial charge is 0.247 e. The fourth-order valence-electron chi connectivity index (χ4n) is 4.35. The highest BCUT2D eigenvalue weighted by atomic mass is 127. The number of nitrogens with zero attached hydrogens (tertiary/aromatic N) is 1. The van der Waals surface area contributed by atoms with E-state index in [1.807, 2.05) is 32.0 Å². The average molecular weight is 624 g/mol. The number of para-hydroxylation sites is 1. The van der Waals surface area contributed by atoms with Gasteiger partial charge in [0.2, 0.25) is 11.8 Å². The Kier molecular flexibility index (Phi) is 10.9. The highest BCUT2D eigenvalue weighted by Gasteiger charge is 2.40. The van der Waals surface area contributed by atoms with E-state index in [1.165, 1.54) is 12.1 Å². The maximum atomic E-state index is 13.8. The van der Waals surface area contributed by atoms with E-state index in [1.54, 1.807) is 29.2 Å². The Hall–Kier alpha value is -2.50. The Balaban J connectivity index is 1.93. The number of carbonyl (C=O) groups excluding carboxylic acids is 2. The van der Waals surface area contributed by atoms with E-state index in [2.05, 4.69) is 27.9 Å². The molecule has 0 bridgehead atoms. The fraction of sp³-hybridized carbons (Fsp3) is 0.429. The first-order valence-electron chi connectivity index (χ1n) is 12.4. The number of rotatable bonds is 11. The molecule has 0 radical (unpaired) electrons. The lowest BCUT2D eigenvalue weighted by Gasteiger charge is -2.41. The minimum atomic E-state index is -1.10. The molecule has 200 valence electrons. The van der Waals surface area contributed by atoms with Crippen molar-refractivity contribution in [3.8, 4) is 5.75 Å². The van der Waals surface area contributed by atoms with E-state index >= 15 is 0 Å². The second kappa shape index (κ2) is 13.9. The molecule has 0 saturated heterocycles. The predicted molar refractivity (Wildman–Crippen MR) is 147 cm³/mol. The molecule has 0 fully saturated rings. The molecule has 9 heteroatoms. The van der Waals surface area contributed by atoms with Crippen molar-refractivity contribution in [3.63, 3.8) is 0 Å². The van der Waals surface area contributed by atoms with Crippen LogP contribution < -0.4 is 10.1 Å². The van der Waals surface area contributed by atoms with Crippen molar-refractivity contribution in [2.75, 3.05) is 19.7 Å². The molecule has 3 rings (SSSR count). The molecule has 2 aromatic rings. The monoisotopic (exact) mass is 624 g/mol. The van der Waals surface area contributed by atoms with Gasteiger partial charge in [0.05, 0.1) is 16.2 Å². The lowest BCUT2D eigenvalue weighted by molar-refractivity contribution is -0.139. The summed E-state index contributed by atoms with van der Waals surface area (Å²) in [6.07, 6.45) is 0.390. The minimum absolute atomic E-state index is 0.0844. The van der Waals surface area contributed by atoms with E-state index in [-0.39, 0.29) is 56.1 Å². The van der Waals surface area contributed by atoms with E-state index in [0.29, 0.717) is 17.7 Å². The van der Waals surface area contributed by atoms with Crippen LogP contribution in [0.15, 0.2) is 60.2 Å². The Bertz CT molecular complexity index is 1110. The first-order chi connectivity index (χ1) is 17.7. The lowest BCUT2D eigenvalue weighted by Crippen LogP contribution is -2.55. The molecular weight excluding hydrogens is 590 g/mol. The van der Waals surface area contributed by atoms with Gasteiger partial charge in [0.15, 0.2) is 0 Å². The number of aliphatic hydroxyl groups excluding tert-OH is 2. The summed E-state index contributed by atoms with van der Waals surface area (Å²) < 4.78 is 20.8. The highest BCUT2D eigenvalue weighted by molar-refractivity contribution is 14.1. The fourth-order valence-corrected chi connectivity index (χ4v) is 4.87. The summed E-state index contributed by atoms with van der Waals surface area (Å²) in [6, 6.07) is 12.8. The zero-order valence-corrected chi connectivity index (χ0v) is 23.2. The second-order valence-electron chi connectivity index (χ2n) is 9.51. The van der Waals surface area contributed by atoms with Crippen molar-refractivity contribution in [2.24, 2.45) is 5.92 Å². The first kappa shape index (κ1) is 29.1. The molecule has 0 saturated carbocycles. The molecule has 2 aromatic carbocycles. The Morgan fingerprint density at radius 1 is 1.22 bits per heavy atom. The van der Waals surface area contributed by atoms with Gasteiger partial charge in [-0.25, -0.2) is 4.39 Å². The van der Waals surface area contributed by atoms with Crippen LogP contribution in [0.5, 0.6) is 5.75 Å². The van der Waals surface area contributed by atoms with Crippen molar-refractivity contribution < 1.29 is 28.9 Å². The normalized spacial score (nSPS) is 19.3. The molecular formula is C28H34FIN2O5. The third-order valence-corrected chi connectivity index (χ3v) is 7.04. The third-order valence-electron chi connectivity index (χ3n) is 6.15. The summed E-state index contributed by atoms with van der Waals surface area (Å²) in [7, 11) is 0. The van der Waals surface area contributed by atoms with Gasteiger partial charge in [0, 0.05) is 31.5 Å². The van der Waals surface area contributed by atoms with Gasteiger partial charge >= 0.3 is 0 Å².